The van der Waals surface area contributed by atoms with E-state index in [1.165, 1.54) is 0 Å². The van der Waals surface area contributed by atoms with Gasteiger partial charge in [0.1, 0.15) is 0 Å². The Morgan fingerprint density at radius 3 is 1.52 bits per heavy atom. The molecule has 0 rings (SSSR count). The summed E-state index contributed by atoms with van der Waals surface area (Å²) in [5.74, 6) is -3.53. The van der Waals surface area contributed by atoms with Crippen LogP contribution in [0.25, 0.3) is 0 Å². The van der Waals surface area contributed by atoms with E-state index in [0.29, 0.717) is 13.2 Å². The number of aliphatic carboxylic acids is 2. The van der Waals surface area contributed by atoms with Crippen LogP contribution in [-0.2, 0) is 28.7 Å². The third-order valence-electron chi connectivity index (χ3n) is 1.91. The molecule has 0 unspecified atom stereocenters. The van der Waals surface area contributed by atoms with Gasteiger partial charge in [-0.25, -0.2) is 19.2 Å². The highest BCUT2D eigenvalue weighted by Gasteiger charge is 1.96. The van der Waals surface area contributed by atoms with E-state index in [9.17, 15) is 19.2 Å². The largest absolute Gasteiger partial charge is 0.478 e. The van der Waals surface area contributed by atoms with Crippen LogP contribution in [0, 0.1) is 0 Å². The number of hydrogen-bond donors (Lipinski definition) is 2. The molecule has 2 N–H and O–H groups in total. The summed E-state index contributed by atoms with van der Waals surface area (Å²) in [4.78, 5) is 41.0. The molecule has 0 aromatic rings. The van der Waals surface area contributed by atoms with Gasteiger partial charge in [-0.3, -0.25) is 0 Å². The summed E-state index contributed by atoms with van der Waals surface area (Å²) in [6, 6.07) is 0. The molecule has 0 bridgehead atoms. The average Bonchev–Trinajstić information content (AvgIpc) is 2.49. The quantitative estimate of drug-likeness (QED) is 0.370. The van der Waals surface area contributed by atoms with Crippen LogP contribution < -0.4 is 0 Å². The zero-order valence-corrected chi connectivity index (χ0v) is 13.2. The molecule has 0 atom stereocenters. The number of carboxylic acids is 2. The molecule has 0 radical (unpaired) electrons. The van der Waals surface area contributed by atoms with Gasteiger partial charge in [-0.1, -0.05) is 20.3 Å². The van der Waals surface area contributed by atoms with Gasteiger partial charge >= 0.3 is 23.9 Å². The molecular weight excluding hydrogens is 308 g/mol. The summed E-state index contributed by atoms with van der Waals surface area (Å²) in [5, 5.41) is 16.2. The molecule has 23 heavy (non-hydrogen) atoms. The Kier molecular flexibility index (Phi) is 15.5. The van der Waals surface area contributed by atoms with E-state index in [2.05, 4.69) is 9.47 Å². The van der Waals surface area contributed by atoms with Crippen molar-refractivity contribution in [1.82, 2.24) is 0 Å². The average molecular weight is 330 g/mol. The van der Waals surface area contributed by atoms with E-state index >= 15 is 0 Å². The van der Waals surface area contributed by atoms with Crippen LogP contribution in [0.15, 0.2) is 24.3 Å². The smallest absolute Gasteiger partial charge is 0.331 e. The fourth-order valence-electron chi connectivity index (χ4n) is 0.895. The third kappa shape index (κ3) is 21.8. The summed E-state index contributed by atoms with van der Waals surface area (Å²) in [7, 11) is 0. The molecule has 0 aliphatic rings. The van der Waals surface area contributed by atoms with Crippen LogP contribution in [0.2, 0.25) is 0 Å². The zero-order valence-electron chi connectivity index (χ0n) is 13.2. The van der Waals surface area contributed by atoms with Gasteiger partial charge in [0.05, 0.1) is 13.2 Å². The van der Waals surface area contributed by atoms with E-state index in [1.807, 2.05) is 13.8 Å². The minimum absolute atomic E-state index is 0.322. The van der Waals surface area contributed by atoms with Crippen molar-refractivity contribution in [2.24, 2.45) is 0 Å². The highest BCUT2D eigenvalue weighted by molar-refractivity contribution is 5.91. The first-order valence-corrected chi connectivity index (χ1v) is 6.98. The maximum Gasteiger partial charge on any atom is 0.331 e. The molecule has 0 fully saturated rings. The van der Waals surface area contributed by atoms with Gasteiger partial charge in [-0.2, -0.15) is 0 Å². The fourth-order valence-corrected chi connectivity index (χ4v) is 0.895. The summed E-state index contributed by atoms with van der Waals surface area (Å²) in [6.07, 6.45) is 5.76. The summed E-state index contributed by atoms with van der Waals surface area (Å²) in [5.41, 5.74) is 0. The second-order valence-electron chi connectivity index (χ2n) is 4.03. The number of carbonyl (C=O) groups excluding carboxylic acids is 2. The van der Waals surface area contributed by atoms with E-state index in [1.54, 1.807) is 0 Å². The lowest BCUT2D eigenvalue weighted by molar-refractivity contribution is -0.139. The van der Waals surface area contributed by atoms with Crippen LogP contribution in [0.1, 0.15) is 33.1 Å². The van der Waals surface area contributed by atoms with E-state index in [-0.39, 0.29) is 0 Å². The third-order valence-corrected chi connectivity index (χ3v) is 1.91. The first-order valence-electron chi connectivity index (χ1n) is 6.98. The Hall–Kier alpha value is -2.64. The monoisotopic (exact) mass is 330 g/mol. The van der Waals surface area contributed by atoms with Gasteiger partial charge in [0.2, 0.25) is 0 Å². The Bertz CT molecular complexity index is 437. The van der Waals surface area contributed by atoms with Gasteiger partial charge in [-0.05, 0) is 12.8 Å². The van der Waals surface area contributed by atoms with E-state index in [0.717, 1.165) is 43.6 Å². The molecule has 8 nitrogen and oxygen atoms in total. The maximum atomic E-state index is 10.6. The molecule has 0 aromatic heterocycles. The molecule has 0 amide bonds. The molecule has 0 heterocycles. The molecule has 0 aliphatic heterocycles. The van der Waals surface area contributed by atoms with Crippen LogP contribution >= 0.6 is 0 Å². The number of esters is 2. The number of ether oxygens (including phenoxy) is 2. The van der Waals surface area contributed by atoms with Crippen molar-refractivity contribution in [2.75, 3.05) is 13.2 Å². The Balaban J connectivity index is 0. The molecule has 0 saturated heterocycles. The SMILES string of the molecule is CCCCOC(=O)C=CC(=O)O.CCCOC(=O)C=CC(=O)O. The molecule has 0 aromatic carbocycles. The van der Waals surface area contributed by atoms with Crippen molar-refractivity contribution in [3.8, 4) is 0 Å². The highest BCUT2D eigenvalue weighted by Crippen LogP contribution is 1.89. The van der Waals surface area contributed by atoms with Crippen molar-refractivity contribution in [1.29, 1.82) is 0 Å². The number of carbonyl (C=O) groups is 4. The lowest BCUT2D eigenvalue weighted by atomic mass is 10.4. The normalized spacial score (nSPS) is 10.0. The molecular formula is C15H22O8. The van der Waals surface area contributed by atoms with Gasteiger partial charge < -0.3 is 19.7 Å². The fraction of sp³-hybridized carbons (Fsp3) is 0.467. The minimum Gasteiger partial charge on any atom is -0.478 e. The number of unbranched alkanes of at least 4 members (excludes halogenated alkanes) is 1. The van der Waals surface area contributed by atoms with E-state index < -0.39 is 23.9 Å². The van der Waals surface area contributed by atoms with Crippen molar-refractivity contribution in [2.45, 2.75) is 33.1 Å². The molecule has 0 aliphatic carbocycles. The van der Waals surface area contributed by atoms with Crippen molar-refractivity contribution in [3.05, 3.63) is 24.3 Å². The first-order chi connectivity index (χ1) is 10.8. The summed E-state index contributed by atoms with van der Waals surface area (Å²) in [6.45, 7) is 4.50. The highest BCUT2D eigenvalue weighted by atomic mass is 16.5. The molecule has 0 saturated carbocycles. The van der Waals surface area contributed by atoms with Crippen LogP contribution in [0.4, 0.5) is 0 Å². The van der Waals surface area contributed by atoms with Crippen molar-refractivity contribution >= 4 is 23.9 Å². The standard InChI is InChI=1S/C8H12O4.C7H10O4/c1-2-3-6-12-8(11)5-4-7(9)10;1-2-5-11-7(10)4-3-6(8)9/h4-5H,2-3,6H2,1H3,(H,9,10);3-4H,2,5H2,1H3,(H,8,9). The lowest BCUT2D eigenvalue weighted by Gasteiger charge is -1.97. The second kappa shape index (κ2) is 15.7. The number of hydrogen-bond acceptors (Lipinski definition) is 6. The van der Waals surface area contributed by atoms with Crippen molar-refractivity contribution < 1.29 is 38.9 Å². The Labute approximate surface area is 134 Å². The van der Waals surface area contributed by atoms with Gasteiger partial charge in [0, 0.05) is 24.3 Å². The molecule has 8 heteroatoms. The predicted molar refractivity (Wildman–Crippen MR) is 80.7 cm³/mol. The van der Waals surface area contributed by atoms with Crippen LogP contribution in [-0.4, -0.2) is 47.3 Å². The van der Waals surface area contributed by atoms with Gasteiger partial charge in [0.15, 0.2) is 0 Å². The minimum atomic E-state index is -1.15. The summed E-state index contributed by atoms with van der Waals surface area (Å²) < 4.78 is 9.20. The van der Waals surface area contributed by atoms with Crippen LogP contribution in [0.3, 0.4) is 0 Å². The first kappa shape index (κ1) is 22.6. The van der Waals surface area contributed by atoms with Crippen LogP contribution in [0.5, 0.6) is 0 Å². The molecule has 130 valence electrons. The maximum absolute atomic E-state index is 10.6. The van der Waals surface area contributed by atoms with Crippen molar-refractivity contribution in [3.63, 3.8) is 0 Å². The Morgan fingerprint density at radius 1 is 0.739 bits per heavy atom. The van der Waals surface area contributed by atoms with E-state index in [4.69, 9.17) is 10.2 Å². The lowest BCUT2D eigenvalue weighted by Crippen LogP contribution is -2.02. The zero-order chi connectivity index (χ0) is 18.1. The predicted octanol–water partition coefficient (Wildman–Crippen LogP) is 1.55. The van der Waals surface area contributed by atoms with Gasteiger partial charge in [0.25, 0.3) is 0 Å². The Morgan fingerprint density at radius 2 is 1.17 bits per heavy atom. The topological polar surface area (TPSA) is 127 Å². The van der Waals surface area contributed by atoms with Gasteiger partial charge in [-0.15, -0.1) is 0 Å². The second-order valence-corrected chi connectivity index (χ2v) is 4.03. The molecule has 0 spiro atoms. The number of rotatable bonds is 9. The summed E-state index contributed by atoms with van der Waals surface area (Å²) >= 11 is 0. The number of carboxylic acid groups (broad SMARTS) is 2.